The molecule has 20 heavy (non-hydrogen) atoms. The number of piperidine rings is 2. The summed E-state index contributed by atoms with van der Waals surface area (Å²) in [5.41, 5.74) is -0.196. The van der Waals surface area contributed by atoms with Crippen molar-refractivity contribution in [2.24, 2.45) is 11.3 Å². The Balaban J connectivity index is 1.80. The van der Waals surface area contributed by atoms with Crippen LogP contribution < -0.4 is 10.6 Å². The van der Waals surface area contributed by atoms with Gasteiger partial charge in [0.1, 0.15) is 0 Å². The van der Waals surface area contributed by atoms with E-state index in [1.54, 1.807) is 0 Å². The molecule has 5 nitrogen and oxygen atoms in total. The maximum absolute atomic E-state index is 13.1. The van der Waals surface area contributed by atoms with Crippen molar-refractivity contribution in [1.29, 1.82) is 0 Å². The van der Waals surface area contributed by atoms with Crippen LogP contribution in [0.15, 0.2) is 0 Å². The molecular weight excluding hydrogens is 254 g/mol. The van der Waals surface area contributed by atoms with Crippen LogP contribution >= 0.6 is 0 Å². The highest BCUT2D eigenvalue weighted by atomic mass is 16.2. The molecule has 5 heteroatoms. The number of hydrogen-bond donors (Lipinski definition) is 2. The van der Waals surface area contributed by atoms with Crippen molar-refractivity contribution in [2.45, 2.75) is 45.1 Å². The van der Waals surface area contributed by atoms with Gasteiger partial charge in [-0.15, -0.1) is 0 Å². The highest BCUT2D eigenvalue weighted by Crippen LogP contribution is 2.38. The summed E-state index contributed by atoms with van der Waals surface area (Å²) < 4.78 is 0. The molecule has 0 aliphatic carbocycles. The molecule has 0 aromatic carbocycles. The van der Waals surface area contributed by atoms with Crippen molar-refractivity contribution in [2.75, 3.05) is 26.2 Å². The van der Waals surface area contributed by atoms with Crippen molar-refractivity contribution in [3.8, 4) is 0 Å². The number of hydrogen-bond acceptors (Lipinski definition) is 3. The van der Waals surface area contributed by atoms with Crippen molar-refractivity contribution in [1.82, 2.24) is 15.5 Å². The Kier molecular flexibility index (Phi) is 3.71. The first-order chi connectivity index (χ1) is 9.68. The molecule has 0 spiro atoms. The fourth-order valence-corrected chi connectivity index (χ4v) is 4.13. The Hall–Kier alpha value is -1.10. The second-order valence-electron chi connectivity index (χ2n) is 6.44. The van der Waals surface area contributed by atoms with Gasteiger partial charge in [0, 0.05) is 13.1 Å². The fourth-order valence-electron chi connectivity index (χ4n) is 4.13. The molecule has 0 bridgehead atoms. The van der Waals surface area contributed by atoms with Crippen molar-refractivity contribution < 1.29 is 9.59 Å². The number of nitrogens with one attached hydrogen (secondary N) is 2. The average Bonchev–Trinajstić information content (AvgIpc) is 2.89. The highest BCUT2D eigenvalue weighted by Gasteiger charge is 2.48. The summed E-state index contributed by atoms with van der Waals surface area (Å²) in [7, 11) is 0. The van der Waals surface area contributed by atoms with Gasteiger partial charge >= 0.3 is 0 Å². The molecule has 2 N–H and O–H groups in total. The molecule has 3 aliphatic rings. The van der Waals surface area contributed by atoms with Crippen LogP contribution in [0.2, 0.25) is 0 Å². The van der Waals surface area contributed by atoms with E-state index in [0.29, 0.717) is 12.5 Å². The second-order valence-corrected chi connectivity index (χ2v) is 6.44. The van der Waals surface area contributed by atoms with E-state index in [4.69, 9.17) is 0 Å². The summed E-state index contributed by atoms with van der Waals surface area (Å²) in [6.45, 7) is 5.46. The van der Waals surface area contributed by atoms with Crippen molar-refractivity contribution in [3.05, 3.63) is 0 Å². The first-order valence-corrected chi connectivity index (χ1v) is 7.97. The van der Waals surface area contributed by atoms with Crippen LogP contribution in [0.1, 0.15) is 39.0 Å². The smallest absolute Gasteiger partial charge is 0.229 e. The van der Waals surface area contributed by atoms with Crippen LogP contribution in [0, 0.1) is 11.3 Å². The Morgan fingerprint density at radius 3 is 2.85 bits per heavy atom. The third-order valence-electron chi connectivity index (χ3n) is 5.55. The molecule has 3 rings (SSSR count). The number of fused-ring (bicyclic) bond motifs is 1. The first-order valence-electron chi connectivity index (χ1n) is 7.97. The van der Waals surface area contributed by atoms with Gasteiger partial charge in [-0.1, -0.05) is 6.92 Å². The lowest BCUT2D eigenvalue weighted by molar-refractivity contribution is -0.149. The number of carbonyl (C=O) groups excluding carboxylic acids is 2. The molecular formula is C15H25N3O2. The summed E-state index contributed by atoms with van der Waals surface area (Å²) in [4.78, 5) is 27.0. The standard InChI is InChI=1S/C15H25N3O2/c1-2-15(5-7-16-8-6-15)14(20)18-9-3-4-11-12(18)10-17-13(11)19/h11-12,16H,2-10H2,1H3,(H,17,19). The van der Waals surface area contributed by atoms with Crippen molar-refractivity contribution in [3.63, 3.8) is 0 Å². The Bertz CT molecular complexity index is 404. The topological polar surface area (TPSA) is 61.4 Å². The average molecular weight is 279 g/mol. The zero-order chi connectivity index (χ0) is 14.2. The van der Waals surface area contributed by atoms with Gasteiger partial charge in [-0.05, 0) is 45.2 Å². The normalized spacial score (nSPS) is 32.6. The molecule has 0 aromatic heterocycles. The van der Waals surface area contributed by atoms with Gasteiger partial charge in [0.05, 0.1) is 17.4 Å². The van der Waals surface area contributed by atoms with Gasteiger partial charge < -0.3 is 15.5 Å². The highest BCUT2D eigenvalue weighted by molar-refractivity contribution is 5.87. The third-order valence-corrected chi connectivity index (χ3v) is 5.55. The Morgan fingerprint density at radius 2 is 2.15 bits per heavy atom. The summed E-state index contributed by atoms with van der Waals surface area (Å²) in [5.74, 6) is 0.472. The summed E-state index contributed by atoms with van der Waals surface area (Å²) >= 11 is 0. The van der Waals surface area contributed by atoms with Crippen LogP contribution in [-0.2, 0) is 9.59 Å². The van der Waals surface area contributed by atoms with Gasteiger partial charge in [0.25, 0.3) is 0 Å². The molecule has 112 valence electrons. The van der Waals surface area contributed by atoms with Gasteiger partial charge in [-0.25, -0.2) is 0 Å². The van der Waals surface area contributed by atoms with E-state index < -0.39 is 0 Å². The molecule has 3 heterocycles. The van der Waals surface area contributed by atoms with Gasteiger partial charge in [0.2, 0.25) is 11.8 Å². The van der Waals surface area contributed by atoms with Crippen molar-refractivity contribution >= 4 is 11.8 Å². The summed E-state index contributed by atoms with van der Waals surface area (Å²) in [6.07, 6.45) is 4.65. The van der Waals surface area contributed by atoms with E-state index in [1.165, 1.54) is 0 Å². The fraction of sp³-hybridized carbons (Fsp3) is 0.867. The maximum Gasteiger partial charge on any atom is 0.229 e. The number of nitrogens with zero attached hydrogens (tertiary/aromatic N) is 1. The number of likely N-dealkylation sites (tertiary alicyclic amines) is 1. The van der Waals surface area contributed by atoms with Crippen LogP contribution in [0.4, 0.5) is 0 Å². The molecule has 3 saturated heterocycles. The van der Waals surface area contributed by atoms with E-state index in [9.17, 15) is 9.59 Å². The summed E-state index contributed by atoms with van der Waals surface area (Å²) in [5, 5.41) is 6.28. The Labute approximate surface area is 120 Å². The van der Waals surface area contributed by atoms with Crippen LogP contribution in [0.5, 0.6) is 0 Å². The predicted octanol–water partition coefficient (Wildman–Crippen LogP) is 0.503. The maximum atomic E-state index is 13.1. The molecule has 0 saturated carbocycles. The molecule has 0 radical (unpaired) electrons. The molecule has 3 fully saturated rings. The summed E-state index contributed by atoms with van der Waals surface area (Å²) in [6, 6.07) is 0.0991. The largest absolute Gasteiger partial charge is 0.354 e. The molecule has 3 aliphatic heterocycles. The van der Waals surface area contributed by atoms with E-state index in [0.717, 1.165) is 51.7 Å². The molecule has 2 atom stereocenters. The van der Waals surface area contributed by atoms with Gasteiger partial charge in [-0.3, -0.25) is 9.59 Å². The minimum absolute atomic E-state index is 0.0309. The van der Waals surface area contributed by atoms with E-state index in [1.807, 2.05) is 4.90 Å². The van der Waals surface area contributed by atoms with Crippen LogP contribution in [-0.4, -0.2) is 48.9 Å². The van der Waals surface area contributed by atoms with Crippen LogP contribution in [0.25, 0.3) is 0 Å². The molecule has 2 unspecified atom stereocenters. The van der Waals surface area contributed by atoms with E-state index >= 15 is 0 Å². The number of rotatable bonds is 2. The number of amides is 2. The monoisotopic (exact) mass is 279 g/mol. The predicted molar refractivity (Wildman–Crippen MR) is 76.1 cm³/mol. The van der Waals surface area contributed by atoms with Gasteiger partial charge in [0.15, 0.2) is 0 Å². The van der Waals surface area contributed by atoms with E-state index in [2.05, 4.69) is 17.6 Å². The number of carbonyl (C=O) groups is 2. The zero-order valence-electron chi connectivity index (χ0n) is 12.3. The lowest BCUT2D eigenvalue weighted by Crippen LogP contribution is -2.56. The minimum Gasteiger partial charge on any atom is -0.354 e. The van der Waals surface area contributed by atoms with Gasteiger partial charge in [-0.2, -0.15) is 0 Å². The SMILES string of the molecule is CCC1(C(=O)N2CCCC3C(=O)NCC32)CCNCC1. The quantitative estimate of drug-likeness (QED) is 0.774. The molecule has 0 aromatic rings. The van der Waals surface area contributed by atoms with E-state index in [-0.39, 0.29) is 23.3 Å². The minimum atomic E-state index is -0.196. The second kappa shape index (κ2) is 5.35. The molecule has 2 amide bonds. The Morgan fingerprint density at radius 1 is 1.40 bits per heavy atom. The third kappa shape index (κ3) is 2.12. The zero-order valence-corrected chi connectivity index (χ0v) is 12.3. The first kappa shape index (κ1) is 13.9. The lowest BCUT2D eigenvalue weighted by atomic mass is 9.74. The van der Waals surface area contributed by atoms with Crippen LogP contribution in [0.3, 0.4) is 0 Å². The lowest BCUT2D eigenvalue weighted by Gasteiger charge is -2.44.